The number of carbonyl (C=O) groups is 1. The number of aliphatic hydroxyl groups is 1. The predicted octanol–water partition coefficient (Wildman–Crippen LogP) is 6.73. The molecule has 0 aromatic heterocycles. The van der Waals surface area contributed by atoms with Crippen LogP contribution in [0.5, 0.6) is 0 Å². The Hall–Kier alpha value is -0.210. The molecule has 33 heavy (non-hydrogen) atoms. The molecule has 0 fully saturated rings. The summed E-state index contributed by atoms with van der Waals surface area (Å²) >= 11 is 7.21. The van der Waals surface area contributed by atoms with E-state index in [-0.39, 0.29) is 17.4 Å². The van der Waals surface area contributed by atoms with Gasteiger partial charge in [-0.25, -0.2) is 0 Å². The first-order chi connectivity index (χ1) is 15.8. The fourth-order valence-electron chi connectivity index (χ4n) is 4.49. The van der Waals surface area contributed by atoms with Crippen LogP contribution in [0.25, 0.3) is 0 Å². The number of ether oxygens (including phenoxy) is 2. The van der Waals surface area contributed by atoms with Gasteiger partial charge in [-0.2, -0.15) is 0 Å². The Kier molecular flexibility index (Phi) is 16.1. The fourth-order valence-corrected chi connectivity index (χ4v) is 5.88. The van der Waals surface area contributed by atoms with E-state index in [1.54, 1.807) is 19.1 Å². The Balaban J connectivity index is 0.000000346. The average molecular weight is 595 g/mol. The van der Waals surface area contributed by atoms with Crippen molar-refractivity contribution in [3.8, 4) is 0 Å². The number of unbranched alkanes of at least 4 members (excludes halogenated alkanes) is 2. The van der Waals surface area contributed by atoms with Crippen LogP contribution in [-0.4, -0.2) is 63.5 Å². The number of aliphatic hydroxyl groups excluding tert-OH is 1. The summed E-state index contributed by atoms with van der Waals surface area (Å²) in [5.74, 6) is 0.221. The van der Waals surface area contributed by atoms with Crippen LogP contribution in [0.15, 0.2) is 20.6 Å². The second kappa shape index (κ2) is 17.3. The number of allylic oxidation sites excluding steroid dienone is 3. The Labute approximate surface area is 218 Å². The molecule has 0 aromatic rings. The second-order valence-corrected chi connectivity index (χ2v) is 11.2. The lowest BCUT2D eigenvalue weighted by Gasteiger charge is -2.37. The first-order valence-electron chi connectivity index (χ1n) is 12.4. The Morgan fingerprint density at radius 2 is 1.79 bits per heavy atom. The third kappa shape index (κ3) is 11.4. The van der Waals surface area contributed by atoms with Crippen LogP contribution in [-0.2, 0) is 14.3 Å². The maximum absolute atomic E-state index is 12.1. The standard InChI is InChI=1S/C15H26BrNO2.C11H19BrO2/c1-17(2)14(18)12-15(10-6-7-11-19-3)9-5-4-8-13(15)16;1-14-8-3-2-5-9-6-4-7-10(13)11(9)12/h8H,4-7,9-12H2,1-3H3;10,13H,2-8H2,1H3/t15-;10-/m01/s1. The van der Waals surface area contributed by atoms with Gasteiger partial charge in [-0.3, -0.25) is 4.79 Å². The summed E-state index contributed by atoms with van der Waals surface area (Å²) in [5.41, 5.74) is 1.42. The maximum atomic E-state index is 12.1. The molecule has 0 aliphatic heterocycles. The van der Waals surface area contributed by atoms with Crippen molar-refractivity contribution < 1.29 is 19.4 Å². The summed E-state index contributed by atoms with van der Waals surface area (Å²) in [6.45, 7) is 1.65. The van der Waals surface area contributed by atoms with Gasteiger partial charge in [0.05, 0.1) is 6.10 Å². The molecule has 5 nitrogen and oxygen atoms in total. The molecular formula is C26H45Br2NO4. The molecule has 0 unspecified atom stereocenters. The molecule has 2 atom stereocenters. The van der Waals surface area contributed by atoms with Crippen molar-refractivity contribution in [1.82, 2.24) is 4.90 Å². The molecule has 1 N–H and O–H groups in total. The zero-order valence-corrected chi connectivity index (χ0v) is 24.3. The summed E-state index contributed by atoms with van der Waals surface area (Å²) < 4.78 is 12.4. The van der Waals surface area contributed by atoms with Gasteiger partial charge in [0.2, 0.25) is 5.91 Å². The van der Waals surface area contributed by atoms with E-state index in [1.807, 2.05) is 14.1 Å². The van der Waals surface area contributed by atoms with Crippen molar-refractivity contribution in [2.45, 2.75) is 89.6 Å². The lowest BCUT2D eigenvalue weighted by atomic mass is 9.72. The predicted molar refractivity (Wildman–Crippen MR) is 144 cm³/mol. The van der Waals surface area contributed by atoms with Gasteiger partial charge in [0.1, 0.15) is 0 Å². The smallest absolute Gasteiger partial charge is 0.222 e. The molecular weight excluding hydrogens is 550 g/mol. The molecule has 0 aromatic carbocycles. The summed E-state index contributed by atoms with van der Waals surface area (Å²) in [4.78, 5) is 13.8. The summed E-state index contributed by atoms with van der Waals surface area (Å²) in [5, 5.41) is 9.62. The highest BCUT2D eigenvalue weighted by Gasteiger charge is 2.36. The van der Waals surface area contributed by atoms with E-state index in [0.29, 0.717) is 6.42 Å². The van der Waals surface area contributed by atoms with Crippen molar-refractivity contribution in [2.24, 2.45) is 5.41 Å². The van der Waals surface area contributed by atoms with Crippen LogP contribution in [0.3, 0.4) is 0 Å². The van der Waals surface area contributed by atoms with Crippen molar-refractivity contribution in [1.29, 1.82) is 0 Å². The Bertz CT molecular complexity index is 636. The van der Waals surface area contributed by atoms with E-state index >= 15 is 0 Å². The SMILES string of the molecule is COCCCCC1=C(Br)[C@H](O)CCC1.COCCCC[C@]1(CC(=O)N(C)C)CCCC=C1Br. The monoisotopic (exact) mass is 593 g/mol. The van der Waals surface area contributed by atoms with E-state index in [4.69, 9.17) is 9.47 Å². The van der Waals surface area contributed by atoms with Gasteiger partial charge in [-0.15, -0.1) is 0 Å². The number of methoxy groups -OCH3 is 2. The normalized spacial score (nSPS) is 23.0. The molecule has 0 radical (unpaired) electrons. The first-order valence-corrected chi connectivity index (χ1v) is 14.0. The lowest BCUT2D eigenvalue weighted by molar-refractivity contribution is -0.130. The third-order valence-corrected chi connectivity index (χ3v) is 8.85. The number of halogens is 2. The van der Waals surface area contributed by atoms with Gasteiger partial charge >= 0.3 is 0 Å². The Morgan fingerprint density at radius 1 is 1.12 bits per heavy atom. The van der Waals surface area contributed by atoms with Crippen molar-refractivity contribution in [2.75, 3.05) is 41.5 Å². The van der Waals surface area contributed by atoms with Crippen LogP contribution in [0.4, 0.5) is 0 Å². The molecule has 192 valence electrons. The number of carbonyl (C=O) groups excluding carboxylic acids is 1. The van der Waals surface area contributed by atoms with Crippen molar-refractivity contribution in [3.05, 3.63) is 20.6 Å². The van der Waals surface area contributed by atoms with E-state index in [0.717, 1.165) is 88.3 Å². The van der Waals surface area contributed by atoms with Gasteiger partial charge < -0.3 is 19.5 Å². The minimum Gasteiger partial charge on any atom is -0.388 e. The van der Waals surface area contributed by atoms with Crippen molar-refractivity contribution in [3.63, 3.8) is 0 Å². The topological polar surface area (TPSA) is 59.0 Å². The second-order valence-electron chi connectivity index (χ2n) is 9.45. The van der Waals surface area contributed by atoms with E-state index < -0.39 is 0 Å². The molecule has 0 heterocycles. The molecule has 2 aliphatic rings. The van der Waals surface area contributed by atoms with Gasteiger partial charge in [-0.05, 0) is 75.1 Å². The van der Waals surface area contributed by atoms with E-state index in [2.05, 4.69) is 37.9 Å². The minimum atomic E-state index is -0.249. The van der Waals surface area contributed by atoms with Gasteiger partial charge in [-0.1, -0.05) is 49.9 Å². The van der Waals surface area contributed by atoms with Crippen LogP contribution < -0.4 is 0 Å². The highest BCUT2D eigenvalue weighted by molar-refractivity contribution is 9.12. The van der Waals surface area contributed by atoms with Crippen LogP contribution in [0.2, 0.25) is 0 Å². The zero-order chi connectivity index (χ0) is 24.7. The van der Waals surface area contributed by atoms with Gasteiger partial charge in [0.25, 0.3) is 0 Å². The third-order valence-electron chi connectivity index (χ3n) is 6.60. The van der Waals surface area contributed by atoms with Crippen LogP contribution in [0, 0.1) is 5.41 Å². The molecule has 1 amide bonds. The summed E-state index contributed by atoms with van der Waals surface area (Å²) in [6, 6.07) is 0. The average Bonchev–Trinajstić information content (AvgIpc) is 2.79. The van der Waals surface area contributed by atoms with Gasteiger partial charge in [0, 0.05) is 57.8 Å². The molecule has 0 bridgehead atoms. The number of nitrogens with zero attached hydrogens (tertiary/aromatic N) is 1. The molecule has 7 heteroatoms. The van der Waals surface area contributed by atoms with Crippen molar-refractivity contribution >= 4 is 37.8 Å². The Morgan fingerprint density at radius 3 is 2.39 bits per heavy atom. The quantitative estimate of drug-likeness (QED) is 0.255. The largest absolute Gasteiger partial charge is 0.388 e. The van der Waals surface area contributed by atoms with E-state index in [1.165, 1.54) is 16.5 Å². The fraction of sp³-hybridized carbons (Fsp3) is 0.808. The van der Waals surface area contributed by atoms with Crippen LogP contribution in [0.1, 0.15) is 83.5 Å². The summed E-state index contributed by atoms with van der Waals surface area (Å²) in [7, 11) is 7.14. The molecule has 0 saturated carbocycles. The molecule has 0 spiro atoms. The zero-order valence-electron chi connectivity index (χ0n) is 21.1. The number of hydrogen-bond donors (Lipinski definition) is 1. The highest BCUT2D eigenvalue weighted by atomic mass is 79.9. The van der Waals surface area contributed by atoms with Gasteiger partial charge in [0.15, 0.2) is 0 Å². The number of hydrogen-bond acceptors (Lipinski definition) is 4. The minimum absolute atomic E-state index is 0.0212. The van der Waals surface area contributed by atoms with Crippen LogP contribution >= 0.6 is 31.9 Å². The maximum Gasteiger partial charge on any atom is 0.222 e. The lowest BCUT2D eigenvalue weighted by Crippen LogP contribution is -2.33. The molecule has 2 aliphatic carbocycles. The molecule has 0 saturated heterocycles. The highest BCUT2D eigenvalue weighted by Crippen LogP contribution is 2.47. The van der Waals surface area contributed by atoms with E-state index in [9.17, 15) is 9.90 Å². The number of amides is 1. The number of rotatable bonds is 12. The summed E-state index contributed by atoms with van der Waals surface area (Å²) in [6.07, 6.45) is 15.8. The molecule has 2 rings (SSSR count). The first kappa shape index (κ1) is 30.8.